The molecular formula is C16H26N2. The van der Waals surface area contributed by atoms with Gasteiger partial charge in [0.05, 0.1) is 0 Å². The van der Waals surface area contributed by atoms with Crippen molar-refractivity contribution in [1.82, 2.24) is 10.2 Å². The first-order valence-electron chi connectivity index (χ1n) is 7.14. The Morgan fingerprint density at radius 2 is 2.00 bits per heavy atom. The van der Waals surface area contributed by atoms with Crippen LogP contribution in [0.5, 0.6) is 0 Å². The van der Waals surface area contributed by atoms with Crippen LogP contribution in [-0.2, 0) is 0 Å². The topological polar surface area (TPSA) is 15.3 Å². The fourth-order valence-corrected chi connectivity index (χ4v) is 2.81. The molecule has 2 nitrogen and oxygen atoms in total. The maximum absolute atomic E-state index is 3.85. The largest absolute Gasteiger partial charge is 0.306 e. The third-order valence-electron chi connectivity index (χ3n) is 3.74. The fraction of sp³-hybridized carbons (Fsp3) is 0.625. The van der Waals surface area contributed by atoms with E-state index in [4.69, 9.17) is 0 Å². The van der Waals surface area contributed by atoms with Crippen LogP contribution in [0.25, 0.3) is 0 Å². The van der Waals surface area contributed by atoms with Crippen LogP contribution in [0.1, 0.15) is 38.3 Å². The van der Waals surface area contributed by atoms with Gasteiger partial charge in [-0.05, 0) is 37.9 Å². The summed E-state index contributed by atoms with van der Waals surface area (Å²) < 4.78 is 0. The molecular weight excluding hydrogens is 220 g/mol. The Morgan fingerprint density at radius 3 is 2.56 bits per heavy atom. The summed E-state index contributed by atoms with van der Waals surface area (Å²) in [5.41, 5.74) is 1.43. The molecule has 1 N–H and O–H groups in total. The number of rotatable bonds is 5. The molecule has 0 amide bonds. The van der Waals surface area contributed by atoms with E-state index in [1.165, 1.54) is 31.5 Å². The monoisotopic (exact) mass is 246 g/mol. The maximum Gasteiger partial charge on any atom is 0.0325 e. The van der Waals surface area contributed by atoms with E-state index in [1.54, 1.807) is 0 Å². The second-order valence-corrected chi connectivity index (χ2v) is 6.01. The first kappa shape index (κ1) is 13.6. The third-order valence-corrected chi connectivity index (χ3v) is 3.74. The average Bonchev–Trinajstić information content (AvgIpc) is 2.75. The maximum atomic E-state index is 3.85. The lowest BCUT2D eigenvalue weighted by molar-refractivity contribution is 0.358. The molecule has 2 heteroatoms. The van der Waals surface area contributed by atoms with Gasteiger partial charge in [0, 0.05) is 18.6 Å². The molecule has 1 saturated heterocycles. The standard InChI is InChI=1S/C16H26N2/c1-13(2)11-16(14-7-5-4-6-8-14)17-15-9-10-18(3)12-15/h4-8,13,15-17H,9-12H2,1-3H3. The predicted molar refractivity (Wildman–Crippen MR) is 77.7 cm³/mol. The Hall–Kier alpha value is -0.860. The summed E-state index contributed by atoms with van der Waals surface area (Å²) in [6.07, 6.45) is 2.49. The van der Waals surface area contributed by atoms with Gasteiger partial charge in [0.2, 0.25) is 0 Å². The minimum Gasteiger partial charge on any atom is -0.306 e. The van der Waals surface area contributed by atoms with E-state index in [9.17, 15) is 0 Å². The van der Waals surface area contributed by atoms with Crippen molar-refractivity contribution in [3.05, 3.63) is 35.9 Å². The Bertz CT molecular complexity index is 347. The van der Waals surface area contributed by atoms with Crippen LogP contribution in [0, 0.1) is 5.92 Å². The van der Waals surface area contributed by atoms with Gasteiger partial charge in [-0.2, -0.15) is 0 Å². The average molecular weight is 246 g/mol. The van der Waals surface area contributed by atoms with Crippen molar-refractivity contribution in [1.29, 1.82) is 0 Å². The Kier molecular flexibility index (Phi) is 4.79. The second-order valence-electron chi connectivity index (χ2n) is 6.01. The van der Waals surface area contributed by atoms with Crippen LogP contribution in [0.3, 0.4) is 0 Å². The Morgan fingerprint density at radius 1 is 1.28 bits per heavy atom. The van der Waals surface area contributed by atoms with Crippen molar-refractivity contribution in [2.75, 3.05) is 20.1 Å². The highest BCUT2D eigenvalue weighted by Crippen LogP contribution is 2.23. The number of nitrogens with one attached hydrogen (secondary N) is 1. The Balaban J connectivity index is 2.01. The van der Waals surface area contributed by atoms with Gasteiger partial charge in [0.1, 0.15) is 0 Å². The summed E-state index contributed by atoms with van der Waals surface area (Å²) in [6.45, 7) is 7.01. The highest BCUT2D eigenvalue weighted by Gasteiger charge is 2.23. The normalized spacial score (nSPS) is 22.6. The summed E-state index contributed by atoms with van der Waals surface area (Å²) in [7, 11) is 2.21. The second kappa shape index (κ2) is 6.35. The van der Waals surface area contributed by atoms with E-state index in [0.717, 1.165) is 5.92 Å². The lowest BCUT2D eigenvalue weighted by atomic mass is 9.96. The predicted octanol–water partition coefficient (Wildman–Crippen LogP) is 3.07. The van der Waals surface area contributed by atoms with E-state index >= 15 is 0 Å². The first-order valence-corrected chi connectivity index (χ1v) is 7.14. The molecule has 0 bridgehead atoms. The lowest BCUT2D eigenvalue weighted by Crippen LogP contribution is -2.35. The van der Waals surface area contributed by atoms with Crippen molar-refractivity contribution < 1.29 is 0 Å². The van der Waals surface area contributed by atoms with Crippen LogP contribution in [0.15, 0.2) is 30.3 Å². The molecule has 1 fully saturated rings. The molecule has 1 aliphatic heterocycles. The van der Waals surface area contributed by atoms with Gasteiger partial charge in [-0.1, -0.05) is 44.2 Å². The van der Waals surface area contributed by atoms with E-state index in [0.29, 0.717) is 12.1 Å². The summed E-state index contributed by atoms with van der Waals surface area (Å²) in [4.78, 5) is 2.41. The van der Waals surface area contributed by atoms with Crippen molar-refractivity contribution in [2.45, 2.75) is 38.8 Å². The SMILES string of the molecule is CC(C)CC(NC1CCN(C)C1)c1ccccc1. The van der Waals surface area contributed by atoms with Gasteiger partial charge in [0.15, 0.2) is 0 Å². The number of likely N-dealkylation sites (tertiary alicyclic amines) is 1. The van der Waals surface area contributed by atoms with E-state index < -0.39 is 0 Å². The first-order chi connectivity index (χ1) is 8.65. The van der Waals surface area contributed by atoms with Crippen LogP contribution in [-0.4, -0.2) is 31.1 Å². The van der Waals surface area contributed by atoms with Crippen LogP contribution >= 0.6 is 0 Å². The molecule has 2 unspecified atom stereocenters. The summed E-state index contributed by atoms with van der Waals surface area (Å²) in [5.74, 6) is 0.724. The van der Waals surface area contributed by atoms with Gasteiger partial charge < -0.3 is 10.2 Å². The lowest BCUT2D eigenvalue weighted by Gasteiger charge is -2.25. The fourth-order valence-electron chi connectivity index (χ4n) is 2.81. The minimum atomic E-state index is 0.502. The molecule has 0 aromatic heterocycles. The van der Waals surface area contributed by atoms with Crippen molar-refractivity contribution >= 4 is 0 Å². The molecule has 0 radical (unpaired) electrons. The molecule has 1 aliphatic rings. The molecule has 100 valence electrons. The van der Waals surface area contributed by atoms with Gasteiger partial charge in [-0.25, -0.2) is 0 Å². The zero-order chi connectivity index (χ0) is 13.0. The molecule has 2 atom stereocenters. The number of benzene rings is 1. The van der Waals surface area contributed by atoms with Gasteiger partial charge >= 0.3 is 0 Å². The molecule has 0 saturated carbocycles. The molecule has 0 aliphatic carbocycles. The minimum absolute atomic E-state index is 0.502. The number of likely N-dealkylation sites (N-methyl/N-ethyl adjacent to an activating group) is 1. The van der Waals surface area contributed by atoms with Gasteiger partial charge in [-0.15, -0.1) is 0 Å². The molecule has 2 rings (SSSR count). The number of hydrogen-bond acceptors (Lipinski definition) is 2. The van der Waals surface area contributed by atoms with Crippen molar-refractivity contribution in [3.63, 3.8) is 0 Å². The Labute approximate surface area is 111 Å². The summed E-state index contributed by atoms with van der Waals surface area (Å²) >= 11 is 0. The summed E-state index contributed by atoms with van der Waals surface area (Å²) in [5, 5.41) is 3.85. The molecule has 1 aromatic rings. The smallest absolute Gasteiger partial charge is 0.0325 e. The van der Waals surface area contributed by atoms with E-state index in [1.807, 2.05) is 0 Å². The van der Waals surface area contributed by atoms with Gasteiger partial charge in [0.25, 0.3) is 0 Å². The summed E-state index contributed by atoms with van der Waals surface area (Å²) in [6, 6.07) is 12.0. The zero-order valence-electron chi connectivity index (χ0n) is 11.9. The number of hydrogen-bond donors (Lipinski definition) is 1. The third kappa shape index (κ3) is 3.82. The quantitative estimate of drug-likeness (QED) is 0.859. The molecule has 1 aromatic carbocycles. The van der Waals surface area contributed by atoms with Crippen molar-refractivity contribution in [3.8, 4) is 0 Å². The molecule has 1 heterocycles. The van der Waals surface area contributed by atoms with Crippen LogP contribution in [0.2, 0.25) is 0 Å². The highest BCUT2D eigenvalue weighted by molar-refractivity contribution is 5.19. The molecule has 18 heavy (non-hydrogen) atoms. The number of nitrogens with zero attached hydrogens (tertiary/aromatic N) is 1. The highest BCUT2D eigenvalue weighted by atomic mass is 15.2. The molecule has 0 spiro atoms. The van der Waals surface area contributed by atoms with Crippen LogP contribution in [0.4, 0.5) is 0 Å². The van der Waals surface area contributed by atoms with E-state index in [-0.39, 0.29) is 0 Å². The van der Waals surface area contributed by atoms with Gasteiger partial charge in [-0.3, -0.25) is 0 Å². The zero-order valence-corrected chi connectivity index (χ0v) is 11.9. The van der Waals surface area contributed by atoms with Crippen molar-refractivity contribution in [2.24, 2.45) is 5.92 Å². The van der Waals surface area contributed by atoms with E-state index in [2.05, 4.69) is 61.4 Å². The van der Waals surface area contributed by atoms with Crippen LogP contribution < -0.4 is 5.32 Å².